The summed E-state index contributed by atoms with van der Waals surface area (Å²) >= 11 is 2.83. The third kappa shape index (κ3) is 3.05. The van der Waals surface area contributed by atoms with Gasteiger partial charge in [0.15, 0.2) is 0 Å². The standard InChI is InChI=1S/C14H12BrF3N2O/c1-8-5-13(6-8,7-19)12(21)20-9-2-3-11(15)10(4-9)14(16,17)18/h2-4,8H,5-6H2,1H3,(H,20,21). The number of alkyl halides is 3. The van der Waals surface area contributed by atoms with Gasteiger partial charge in [-0.1, -0.05) is 22.9 Å². The van der Waals surface area contributed by atoms with Gasteiger partial charge < -0.3 is 5.32 Å². The predicted molar refractivity (Wildman–Crippen MR) is 74.2 cm³/mol. The number of hydrogen-bond acceptors (Lipinski definition) is 2. The van der Waals surface area contributed by atoms with Crippen molar-refractivity contribution in [3.8, 4) is 6.07 Å². The molecule has 7 heteroatoms. The minimum atomic E-state index is -4.52. The Kier molecular flexibility index (Phi) is 4.02. The number of anilines is 1. The van der Waals surface area contributed by atoms with Crippen LogP contribution in [0.15, 0.2) is 22.7 Å². The third-order valence-corrected chi connectivity index (χ3v) is 4.26. The van der Waals surface area contributed by atoms with Crippen LogP contribution < -0.4 is 5.32 Å². The van der Waals surface area contributed by atoms with E-state index in [0.717, 1.165) is 6.07 Å². The summed E-state index contributed by atoms with van der Waals surface area (Å²) in [5, 5.41) is 11.5. The van der Waals surface area contributed by atoms with Crippen LogP contribution in [0.4, 0.5) is 18.9 Å². The Morgan fingerprint density at radius 1 is 1.48 bits per heavy atom. The van der Waals surface area contributed by atoms with Gasteiger partial charge in [-0.2, -0.15) is 18.4 Å². The van der Waals surface area contributed by atoms with E-state index < -0.39 is 23.1 Å². The van der Waals surface area contributed by atoms with Crippen LogP contribution in [0.3, 0.4) is 0 Å². The molecule has 112 valence electrons. The van der Waals surface area contributed by atoms with Gasteiger partial charge in [-0.05, 0) is 37.0 Å². The first-order valence-electron chi connectivity index (χ1n) is 6.27. The van der Waals surface area contributed by atoms with Crippen LogP contribution in [0.1, 0.15) is 25.3 Å². The molecular formula is C14H12BrF3N2O. The average Bonchev–Trinajstić information content (AvgIpc) is 2.35. The average molecular weight is 361 g/mol. The summed E-state index contributed by atoms with van der Waals surface area (Å²) in [6.07, 6.45) is -3.66. The number of nitriles is 1. The Labute approximate surface area is 128 Å². The van der Waals surface area contributed by atoms with Gasteiger partial charge in [-0.3, -0.25) is 4.79 Å². The predicted octanol–water partition coefficient (Wildman–Crippen LogP) is 4.35. The summed E-state index contributed by atoms with van der Waals surface area (Å²) in [6, 6.07) is 5.42. The molecule has 1 aromatic carbocycles. The highest BCUT2D eigenvalue weighted by Gasteiger charge is 2.49. The van der Waals surface area contributed by atoms with Crippen LogP contribution in [0, 0.1) is 22.7 Å². The second-order valence-electron chi connectivity index (χ2n) is 5.35. The van der Waals surface area contributed by atoms with E-state index in [1.165, 1.54) is 12.1 Å². The van der Waals surface area contributed by atoms with Gasteiger partial charge in [0.1, 0.15) is 5.41 Å². The van der Waals surface area contributed by atoms with Crippen molar-refractivity contribution in [3.05, 3.63) is 28.2 Å². The fourth-order valence-corrected chi connectivity index (χ4v) is 3.00. The van der Waals surface area contributed by atoms with Crippen molar-refractivity contribution in [2.45, 2.75) is 25.9 Å². The van der Waals surface area contributed by atoms with E-state index in [9.17, 15) is 18.0 Å². The smallest absolute Gasteiger partial charge is 0.325 e. The molecule has 0 radical (unpaired) electrons. The van der Waals surface area contributed by atoms with Crippen molar-refractivity contribution in [2.75, 3.05) is 5.32 Å². The molecule has 1 amide bonds. The SMILES string of the molecule is CC1CC(C#N)(C(=O)Nc2ccc(Br)c(C(F)(F)F)c2)C1. The van der Waals surface area contributed by atoms with E-state index in [2.05, 4.69) is 21.2 Å². The minimum Gasteiger partial charge on any atom is -0.325 e. The summed E-state index contributed by atoms with van der Waals surface area (Å²) in [7, 11) is 0. The van der Waals surface area contributed by atoms with E-state index in [0.29, 0.717) is 12.8 Å². The number of hydrogen-bond donors (Lipinski definition) is 1. The first-order chi connectivity index (χ1) is 9.68. The fraction of sp³-hybridized carbons (Fsp3) is 0.429. The quantitative estimate of drug-likeness (QED) is 0.852. The van der Waals surface area contributed by atoms with Gasteiger partial charge in [0.05, 0.1) is 11.6 Å². The first-order valence-corrected chi connectivity index (χ1v) is 7.07. The zero-order valence-corrected chi connectivity index (χ0v) is 12.7. The molecule has 21 heavy (non-hydrogen) atoms. The monoisotopic (exact) mass is 360 g/mol. The van der Waals surface area contributed by atoms with Crippen molar-refractivity contribution in [3.63, 3.8) is 0 Å². The molecule has 0 aliphatic heterocycles. The molecular weight excluding hydrogens is 349 g/mol. The lowest BCUT2D eigenvalue weighted by molar-refractivity contribution is -0.138. The Hall–Kier alpha value is -1.55. The van der Waals surface area contributed by atoms with E-state index in [1.807, 2.05) is 13.0 Å². The maximum Gasteiger partial charge on any atom is 0.417 e. The molecule has 0 bridgehead atoms. The maximum atomic E-state index is 12.8. The highest BCUT2D eigenvalue weighted by molar-refractivity contribution is 9.10. The second-order valence-corrected chi connectivity index (χ2v) is 6.21. The number of carbonyl (C=O) groups excluding carboxylic acids is 1. The van der Waals surface area contributed by atoms with Gasteiger partial charge in [0.2, 0.25) is 5.91 Å². The molecule has 1 saturated carbocycles. The largest absolute Gasteiger partial charge is 0.417 e. The topological polar surface area (TPSA) is 52.9 Å². The van der Waals surface area contributed by atoms with E-state index >= 15 is 0 Å². The molecule has 1 fully saturated rings. The van der Waals surface area contributed by atoms with Crippen molar-refractivity contribution in [1.82, 2.24) is 0 Å². The molecule has 1 aromatic rings. The molecule has 0 atom stereocenters. The van der Waals surface area contributed by atoms with Crippen LogP contribution >= 0.6 is 15.9 Å². The molecule has 0 unspecified atom stereocenters. The van der Waals surface area contributed by atoms with E-state index in [1.54, 1.807) is 0 Å². The van der Waals surface area contributed by atoms with Crippen molar-refractivity contribution < 1.29 is 18.0 Å². The molecule has 0 aromatic heterocycles. The zero-order valence-electron chi connectivity index (χ0n) is 11.1. The molecule has 0 heterocycles. The number of nitrogens with zero attached hydrogens (tertiary/aromatic N) is 1. The van der Waals surface area contributed by atoms with Crippen LogP contribution in [-0.4, -0.2) is 5.91 Å². The van der Waals surface area contributed by atoms with Crippen molar-refractivity contribution in [2.24, 2.45) is 11.3 Å². The highest BCUT2D eigenvalue weighted by Crippen LogP contribution is 2.46. The fourth-order valence-electron chi connectivity index (χ4n) is 2.53. The summed E-state index contributed by atoms with van der Waals surface area (Å²) in [4.78, 5) is 12.1. The van der Waals surface area contributed by atoms with Gasteiger partial charge in [-0.25, -0.2) is 0 Å². The first kappa shape index (κ1) is 15.8. The van der Waals surface area contributed by atoms with E-state index in [-0.39, 0.29) is 16.1 Å². The molecule has 1 N–H and O–H groups in total. The summed E-state index contributed by atoms with van der Waals surface area (Å²) < 4.78 is 38.3. The normalized spacial score (nSPS) is 24.9. The highest BCUT2D eigenvalue weighted by atomic mass is 79.9. The summed E-state index contributed by atoms with van der Waals surface area (Å²) in [5.41, 5.74) is -1.96. The van der Waals surface area contributed by atoms with Crippen LogP contribution in [0.25, 0.3) is 0 Å². The van der Waals surface area contributed by atoms with Gasteiger partial charge >= 0.3 is 6.18 Å². The van der Waals surface area contributed by atoms with Crippen LogP contribution in [-0.2, 0) is 11.0 Å². The number of halogens is 4. The Morgan fingerprint density at radius 2 is 2.10 bits per heavy atom. The van der Waals surface area contributed by atoms with Gasteiger partial charge in [0, 0.05) is 10.2 Å². The number of nitrogens with one attached hydrogen (secondary N) is 1. The Bertz CT molecular complexity index is 616. The molecule has 1 aliphatic rings. The third-order valence-electron chi connectivity index (χ3n) is 3.57. The van der Waals surface area contributed by atoms with Crippen molar-refractivity contribution in [1.29, 1.82) is 5.26 Å². The Morgan fingerprint density at radius 3 is 2.57 bits per heavy atom. The number of carbonyl (C=O) groups is 1. The number of amides is 1. The van der Waals surface area contributed by atoms with Crippen LogP contribution in [0.5, 0.6) is 0 Å². The minimum absolute atomic E-state index is 0.0321. The van der Waals surface area contributed by atoms with Gasteiger partial charge in [-0.15, -0.1) is 0 Å². The number of rotatable bonds is 2. The lowest BCUT2D eigenvalue weighted by Crippen LogP contribution is -2.45. The Balaban J connectivity index is 2.21. The number of benzene rings is 1. The summed E-state index contributed by atoms with van der Waals surface area (Å²) in [5.74, 6) is -0.274. The lowest BCUT2D eigenvalue weighted by Gasteiger charge is -2.39. The molecule has 0 saturated heterocycles. The summed E-state index contributed by atoms with van der Waals surface area (Å²) in [6.45, 7) is 1.92. The second kappa shape index (κ2) is 5.34. The van der Waals surface area contributed by atoms with Crippen molar-refractivity contribution >= 4 is 27.5 Å². The van der Waals surface area contributed by atoms with Gasteiger partial charge in [0.25, 0.3) is 0 Å². The molecule has 2 rings (SSSR count). The molecule has 3 nitrogen and oxygen atoms in total. The maximum absolute atomic E-state index is 12.8. The van der Waals surface area contributed by atoms with E-state index in [4.69, 9.17) is 5.26 Å². The zero-order chi connectivity index (χ0) is 15.8. The lowest BCUT2D eigenvalue weighted by atomic mass is 9.63. The molecule has 0 spiro atoms. The molecule has 1 aliphatic carbocycles. The van der Waals surface area contributed by atoms with Crippen LogP contribution in [0.2, 0.25) is 0 Å².